The van der Waals surface area contributed by atoms with Crippen LogP contribution in [-0.4, -0.2) is 61.0 Å². The zero-order valence-corrected chi connectivity index (χ0v) is 24.4. The summed E-state index contributed by atoms with van der Waals surface area (Å²) in [6.45, 7) is 5.23. The number of rotatable bonds is 12. The number of carbonyl (C=O) groups is 3. The summed E-state index contributed by atoms with van der Waals surface area (Å²) in [5.41, 5.74) is 7.08. The molecule has 1 heterocycles. The highest BCUT2D eigenvalue weighted by Gasteiger charge is 2.23. The van der Waals surface area contributed by atoms with Crippen LogP contribution in [0, 0.1) is 18.3 Å². The number of amidine groups is 1. The second-order valence-corrected chi connectivity index (χ2v) is 11.8. The Bertz CT molecular complexity index is 1620. The Hall–Kier alpha value is -4.62. The summed E-state index contributed by atoms with van der Waals surface area (Å²) in [7, 11) is -3.73. The van der Waals surface area contributed by atoms with Gasteiger partial charge in [0.05, 0.1) is 24.5 Å². The van der Waals surface area contributed by atoms with Gasteiger partial charge in [0.2, 0.25) is 0 Å². The lowest BCUT2D eigenvalue weighted by molar-refractivity contribution is 0.0697. The molecule has 0 unspecified atom stereocenters. The molecule has 42 heavy (non-hydrogen) atoms. The summed E-state index contributed by atoms with van der Waals surface area (Å²) in [5.74, 6) is -2.54. The van der Waals surface area contributed by atoms with E-state index in [4.69, 9.17) is 15.3 Å². The molecule has 13 heteroatoms. The maximum Gasteiger partial charge on any atom is 0.336 e. The van der Waals surface area contributed by atoms with Gasteiger partial charge in [0, 0.05) is 28.1 Å². The Labute approximate surface area is 243 Å². The lowest BCUT2D eigenvalue weighted by Crippen LogP contribution is -2.39. The molecule has 6 N–H and O–H groups in total. The molecular weight excluding hydrogens is 562 g/mol. The molecule has 1 atom stereocenters. The van der Waals surface area contributed by atoms with Crippen molar-refractivity contribution in [2.24, 2.45) is 11.7 Å². The van der Waals surface area contributed by atoms with Crippen molar-refractivity contribution in [3.05, 3.63) is 82.7 Å². The van der Waals surface area contributed by atoms with Gasteiger partial charge in [-0.3, -0.25) is 19.2 Å². The van der Waals surface area contributed by atoms with E-state index in [-0.39, 0.29) is 46.3 Å². The van der Waals surface area contributed by atoms with Crippen LogP contribution in [0.4, 0.5) is 5.69 Å². The predicted octanol–water partition coefficient (Wildman–Crippen LogP) is 3.41. The molecule has 2 amide bonds. The number of nitrogens with one attached hydrogen (secondary N) is 3. The van der Waals surface area contributed by atoms with Crippen LogP contribution in [0.2, 0.25) is 0 Å². The van der Waals surface area contributed by atoms with E-state index >= 15 is 0 Å². The SMILES string of the molecule is Cc1ccc(-c2ccc(C(=O)N[C@H](COS(C)(=O)=O)CC(C)C)cc2C(=O)O)c(C(=O)Nc2ccc(C(=N)N)cc2)n1. The van der Waals surface area contributed by atoms with Crippen LogP contribution in [0.25, 0.3) is 11.1 Å². The smallest absolute Gasteiger partial charge is 0.336 e. The summed E-state index contributed by atoms with van der Waals surface area (Å²) in [4.78, 5) is 43.0. The van der Waals surface area contributed by atoms with Crippen molar-refractivity contribution >= 4 is 39.4 Å². The van der Waals surface area contributed by atoms with E-state index in [2.05, 4.69) is 15.6 Å². The highest BCUT2D eigenvalue weighted by atomic mass is 32.2. The first-order chi connectivity index (χ1) is 19.6. The number of carboxylic acids is 1. The number of benzene rings is 2. The summed E-state index contributed by atoms with van der Waals surface area (Å²) >= 11 is 0. The van der Waals surface area contributed by atoms with E-state index in [1.165, 1.54) is 18.2 Å². The highest BCUT2D eigenvalue weighted by Crippen LogP contribution is 2.29. The third-order valence-corrected chi connectivity index (χ3v) is 6.64. The van der Waals surface area contributed by atoms with Gasteiger partial charge in [-0.05, 0) is 67.3 Å². The van der Waals surface area contributed by atoms with Crippen LogP contribution >= 0.6 is 0 Å². The number of nitrogens with two attached hydrogens (primary N) is 1. The van der Waals surface area contributed by atoms with Crippen LogP contribution in [0.3, 0.4) is 0 Å². The third kappa shape index (κ3) is 8.69. The maximum atomic E-state index is 13.3. The van der Waals surface area contributed by atoms with E-state index in [9.17, 15) is 27.9 Å². The van der Waals surface area contributed by atoms with E-state index < -0.39 is 33.9 Å². The molecular formula is C29H33N5O7S. The number of aromatic nitrogens is 1. The normalized spacial score (nSPS) is 12.0. The fourth-order valence-corrected chi connectivity index (χ4v) is 4.59. The number of nitrogen functional groups attached to an aromatic ring is 1. The lowest BCUT2D eigenvalue weighted by atomic mass is 9.95. The highest BCUT2D eigenvalue weighted by molar-refractivity contribution is 7.85. The molecule has 0 saturated carbocycles. The number of hydrogen-bond acceptors (Lipinski definition) is 8. The Morgan fingerprint density at radius 3 is 2.19 bits per heavy atom. The van der Waals surface area contributed by atoms with Gasteiger partial charge in [-0.2, -0.15) is 8.42 Å². The van der Waals surface area contributed by atoms with E-state index in [0.29, 0.717) is 23.4 Å². The summed E-state index contributed by atoms with van der Waals surface area (Å²) in [5, 5.41) is 23.0. The van der Waals surface area contributed by atoms with Crippen LogP contribution < -0.4 is 16.4 Å². The van der Waals surface area contributed by atoms with Crippen molar-refractivity contribution in [3.8, 4) is 11.1 Å². The van der Waals surface area contributed by atoms with Crippen molar-refractivity contribution in [3.63, 3.8) is 0 Å². The zero-order chi connectivity index (χ0) is 31.2. The van der Waals surface area contributed by atoms with Crippen LogP contribution in [-0.2, 0) is 14.3 Å². The number of carboxylic acid groups (broad SMARTS) is 1. The number of hydrogen-bond donors (Lipinski definition) is 5. The summed E-state index contributed by atoms with van der Waals surface area (Å²) in [6.07, 6.45) is 1.34. The Kier molecular flexibility index (Phi) is 10.1. The van der Waals surface area contributed by atoms with E-state index in [0.717, 1.165) is 6.26 Å². The Morgan fingerprint density at radius 2 is 1.62 bits per heavy atom. The monoisotopic (exact) mass is 595 g/mol. The molecule has 222 valence electrons. The van der Waals surface area contributed by atoms with Gasteiger partial charge in [0.25, 0.3) is 21.9 Å². The van der Waals surface area contributed by atoms with Crippen molar-refractivity contribution in [1.82, 2.24) is 10.3 Å². The molecule has 0 spiro atoms. The minimum absolute atomic E-state index is 0.0275. The predicted molar refractivity (Wildman–Crippen MR) is 158 cm³/mol. The average Bonchev–Trinajstić information content (AvgIpc) is 2.91. The minimum atomic E-state index is -3.73. The molecule has 0 radical (unpaired) electrons. The van der Waals surface area contributed by atoms with Crippen molar-refractivity contribution in [2.45, 2.75) is 33.2 Å². The van der Waals surface area contributed by atoms with Gasteiger partial charge in [-0.25, -0.2) is 9.78 Å². The fraction of sp³-hybridized carbons (Fsp3) is 0.276. The molecule has 0 aliphatic heterocycles. The number of amides is 2. The molecule has 0 fully saturated rings. The quantitative estimate of drug-likeness (QED) is 0.118. The number of nitrogens with zero attached hydrogens (tertiary/aromatic N) is 1. The minimum Gasteiger partial charge on any atom is -0.478 e. The van der Waals surface area contributed by atoms with Crippen molar-refractivity contribution in [2.75, 3.05) is 18.2 Å². The number of pyridine rings is 1. The largest absolute Gasteiger partial charge is 0.478 e. The first kappa shape index (κ1) is 31.9. The van der Waals surface area contributed by atoms with Gasteiger partial charge in [0.1, 0.15) is 11.5 Å². The molecule has 0 bridgehead atoms. The first-order valence-electron chi connectivity index (χ1n) is 12.9. The second-order valence-electron chi connectivity index (χ2n) is 10.1. The topological polar surface area (TPSA) is 202 Å². The van der Waals surface area contributed by atoms with Crippen molar-refractivity contribution < 1.29 is 32.1 Å². The second kappa shape index (κ2) is 13.4. The van der Waals surface area contributed by atoms with Gasteiger partial charge in [-0.15, -0.1) is 0 Å². The van der Waals surface area contributed by atoms with Crippen molar-refractivity contribution in [1.29, 1.82) is 5.41 Å². The third-order valence-electron chi connectivity index (χ3n) is 6.08. The standard InChI is InChI=1S/C29H33N5O7S/c1-16(2)13-21(15-41-42(4,39)40)34-27(35)19-8-12-22(24(14-19)29(37)38)23-11-5-17(3)32-25(23)28(36)33-20-9-6-18(7-10-20)26(30)31/h5-12,14,16,21H,13,15H2,1-4H3,(H3,30,31)(H,33,36)(H,34,35)(H,37,38)/t21-/m0/s1. The molecule has 3 aromatic rings. The molecule has 1 aromatic heterocycles. The van der Waals surface area contributed by atoms with E-state index in [1.54, 1.807) is 43.3 Å². The fourth-order valence-electron chi connectivity index (χ4n) is 4.18. The molecule has 0 aliphatic carbocycles. The van der Waals surface area contributed by atoms with Gasteiger partial charge >= 0.3 is 5.97 Å². The zero-order valence-electron chi connectivity index (χ0n) is 23.6. The van der Waals surface area contributed by atoms with Crippen LogP contribution in [0.15, 0.2) is 54.6 Å². The Morgan fingerprint density at radius 1 is 1.00 bits per heavy atom. The molecule has 2 aromatic carbocycles. The molecule has 12 nitrogen and oxygen atoms in total. The summed E-state index contributed by atoms with van der Waals surface area (Å²) < 4.78 is 27.8. The van der Waals surface area contributed by atoms with Crippen LogP contribution in [0.1, 0.15) is 62.7 Å². The van der Waals surface area contributed by atoms with Gasteiger partial charge in [0.15, 0.2) is 0 Å². The average molecular weight is 596 g/mol. The molecule has 0 saturated heterocycles. The number of anilines is 1. The molecule has 0 aliphatic rings. The number of aryl methyl sites for hydroxylation is 1. The first-order valence-corrected chi connectivity index (χ1v) is 14.7. The lowest BCUT2D eigenvalue weighted by Gasteiger charge is -2.20. The number of aromatic carboxylic acids is 1. The van der Waals surface area contributed by atoms with E-state index in [1.807, 2.05) is 13.8 Å². The van der Waals surface area contributed by atoms with Gasteiger partial charge in [-0.1, -0.05) is 26.0 Å². The summed E-state index contributed by atoms with van der Waals surface area (Å²) in [6, 6.07) is 12.9. The Balaban J connectivity index is 1.94. The number of carbonyl (C=O) groups excluding carboxylic acids is 2. The molecule has 3 rings (SSSR count). The maximum absolute atomic E-state index is 13.3. The van der Waals surface area contributed by atoms with Gasteiger partial charge < -0.3 is 21.5 Å². The van der Waals surface area contributed by atoms with Crippen LogP contribution in [0.5, 0.6) is 0 Å².